The average molecular weight is 291 g/mol. The molecular weight excluding hydrogens is 270 g/mol. The molecule has 6 heteroatoms. The van der Waals surface area contributed by atoms with Gasteiger partial charge in [-0.1, -0.05) is 0 Å². The van der Waals surface area contributed by atoms with Gasteiger partial charge in [-0.3, -0.25) is 4.68 Å². The standard InChI is InChI=1S/C15H21N3O3/c1-9(14-8-18(4)17-10(14)2)16-7-12-6-13(11(3)21-12)15(19)20-5/h6,8-9,16H,7H2,1-5H3/t9-/m0/s1. The lowest BCUT2D eigenvalue weighted by Gasteiger charge is -2.11. The molecule has 0 amide bonds. The van der Waals surface area contributed by atoms with Gasteiger partial charge in [0, 0.05) is 24.8 Å². The predicted molar refractivity (Wildman–Crippen MR) is 78.0 cm³/mol. The average Bonchev–Trinajstić information content (AvgIpc) is 2.97. The van der Waals surface area contributed by atoms with Crippen LogP contribution < -0.4 is 5.32 Å². The van der Waals surface area contributed by atoms with Crippen molar-refractivity contribution in [2.75, 3.05) is 7.11 Å². The van der Waals surface area contributed by atoms with Gasteiger partial charge in [-0.25, -0.2) is 4.79 Å². The molecule has 2 heterocycles. The number of carbonyl (C=O) groups excluding carboxylic acids is 1. The Morgan fingerprint density at radius 1 is 1.52 bits per heavy atom. The summed E-state index contributed by atoms with van der Waals surface area (Å²) in [5.74, 6) is 0.906. The van der Waals surface area contributed by atoms with Crippen LogP contribution in [-0.4, -0.2) is 22.9 Å². The molecule has 0 saturated heterocycles. The van der Waals surface area contributed by atoms with Crippen LogP contribution in [0.5, 0.6) is 0 Å². The molecule has 0 unspecified atom stereocenters. The molecule has 2 aromatic heterocycles. The Morgan fingerprint density at radius 2 is 2.24 bits per heavy atom. The molecule has 0 fully saturated rings. The van der Waals surface area contributed by atoms with E-state index in [0.29, 0.717) is 23.6 Å². The zero-order valence-corrected chi connectivity index (χ0v) is 13.1. The number of aryl methyl sites for hydroxylation is 3. The third-order valence-corrected chi connectivity index (χ3v) is 3.47. The number of hydrogen-bond acceptors (Lipinski definition) is 5. The van der Waals surface area contributed by atoms with Gasteiger partial charge in [0.05, 0.1) is 19.3 Å². The summed E-state index contributed by atoms with van der Waals surface area (Å²) >= 11 is 0. The van der Waals surface area contributed by atoms with Crippen LogP contribution in [0.2, 0.25) is 0 Å². The van der Waals surface area contributed by atoms with E-state index in [1.807, 2.05) is 20.2 Å². The smallest absolute Gasteiger partial charge is 0.341 e. The number of esters is 1. The molecule has 0 aromatic carbocycles. The van der Waals surface area contributed by atoms with E-state index in [2.05, 4.69) is 17.3 Å². The molecule has 1 N–H and O–H groups in total. The van der Waals surface area contributed by atoms with Crippen molar-refractivity contribution < 1.29 is 13.9 Å². The molecule has 0 aliphatic carbocycles. The monoisotopic (exact) mass is 291 g/mol. The van der Waals surface area contributed by atoms with Crippen LogP contribution in [0, 0.1) is 13.8 Å². The Morgan fingerprint density at radius 3 is 2.81 bits per heavy atom. The fourth-order valence-corrected chi connectivity index (χ4v) is 2.35. The molecule has 0 bridgehead atoms. The van der Waals surface area contributed by atoms with Crippen molar-refractivity contribution in [3.63, 3.8) is 0 Å². The summed E-state index contributed by atoms with van der Waals surface area (Å²) in [7, 11) is 3.27. The van der Waals surface area contributed by atoms with Crippen LogP contribution in [0.15, 0.2) is 16.7 Å². The van der Waals surface area contributed by atoms with Crippen LogP contribution in [-0.2, 0) is 18.3 Å². The summed E-state index contributed by atoms with van der Waals surface area (Å²) in [4.78, 5) is 11.5. The Labute approximate surface area is 124 Å². The highest BCUT2D eigenvalue weighted by Gasteiger charge is 2.16. The Hall–Kier alpha value is -2.08. The lowest BCUT2D eigenvalue weighted by atomic mass is 10.1. The molecule has 2 rings (SSSR count). The first-order valence-electron chi connectivity index (χ1n) is 6.83. The van der Waals surface area contributed by atoms with Gasteiger partial charge in [0.1, 0.15) is 17.1 Å². The number of carbonyl (C=O) groups is 1. The number of furan rings is 1. The molecule has 0 spiro atoms. The van der Waals surface area contributed by atoms with Crippen LogP contribution in [0.3, 0.4) is 0 Å². The largest absolute Gasteiger partial charge is 0.465 e. The summed E-state index contributed by atoms with van der Waals surface area (Å²) in [6.45, 7) is 6.35. The molecule has 114 valence electrons. The highest BCUT2D eigenvalue weighted by Crippen LogP contribution is 2.19. The van der Waals surface area contributed by atoms with Crippen LogP contribution in [0.4, 0.5) is 0 Å². The number of nitrogens with zero attached hydrogens (tertiary/aromatic N) is 2. The van der Waals surface area contributed by atoms with E-state index >= 15 is 0 Å². The zero-order valence-electron chi connectivity index (χ0n) is 13.1. The normalized spacial score (nSPS) is 12.4. The molecule has 0 aliphatic rings. The first kappa shape index (κ1) is 15.3. The van der Waals surface area contributed by atoms with E-state index in [9.17, 15) is 4.79 Å². The van der Waals surface area contributed by atoms with Gasteiger partial charge in [-0.15, -0.1) is 0 Å². The van der Waals surface area contributed by atoms with E-state index in [1.165, 1.54) is 7.11 Å². The molecule has 2 aromatic rings. The van der Waals surface area contributed by atoms with Crippen LogP contribution in [0.25, 0.3) is 0 Å². The lowest BCUT2D eigenvalue weighted by molar-refractivity contribution is 0.0599. The fourth-order valence-electron chi connectivity index (χ4n) is 2.35. The van der Waals surface area contributed by atoms with Crippen molar-refractivity contribution in [1.29, 1.82) is 0 Å². The highest BCUT2D eigenvalue weighted by molar-refractivity contribution is 5.90. The minimum absolute atomic E-state index is 0.144. The highest BCUT2D eigenvalue weighted by atomic mass is 16.5. The van der Waals surface area contributed by atoms with Crippen LogP contribution in [0.1, 0.15) is 46.1 Å². The Balaban J connectivity index is 2.03. The second-order valence-electron chi connectivity index (χ2n) is 5.12. The molecule has 0 aliphatic heterocycles. The number of methoxy groups -OCH3 is 1. The summed E-state index contributed by atoms with van der Waals surface area (Å²) < 4.78 is 12.1. The predicted octanol–water partition coefficient (Wildman–Crippen LogP) is 2.27. The Bertz CT molecular complexity index is 643. The van der Waals surface area contributed by atoms with Gasteiger partial charge in [0.25, 0.3) is 0 Å². The minimum atomic E-state index is -0.376. The number of aromatic nitrogens is 2. The summed E-state index contributed by atoms with van der Waals surface area (Å²) in [5, 5.41) is 7.70. The third kappa shape index (κ3) is 3.33. The number of nitrogens with one attached hydrogen (secondary N) is 1. The van der Waals surface area contributed by atoms with Crippen molar-refractivity contribution in [1.82, 2.24) is 15.1 Å². The quantitative estimate of drug-likeness (QED) is 0.856. The number of ether oxygens (including phenoxy) is 1. The van der Waals surface area contributed by atoms with Crippen molar-refractivity contribution >= 4 is 5.97 Å². The number of hydrogen-bond donors (Lipinski definition) is 1. The zero-order chi connectivity index (χ0) is 15.6. The summed E-state index contributed by atoms with van der Waals surface area (Å²) in [6.07, 6.45) is 2.00. The maximum Gasteiger partial charge on any atom is 0.341 e. The number of rotatable bonds is 5. The van der Waals surface area contributed by atoms with Gasteiger partial charge in [0.2, 0.25) is 0 Å². The maximum absolute atomic E-state index is 11.5. The molecule has 0 saturated carbocycles. The van der Waals surface area contributed by atoms with Crippen LogP contribution >= 0.6 is 0 Å². The first-order chi connectivity index (χ1) is 9.92. The molecule has 0 radical (unpaired) electrons. The van der Waals surface area contributed by atoms with Gasteiger partial charge in [-0.05, 0) is 26.8 Å². The summed E-state index contributed by atoms with van der Waals surface area (Å²) in [5.41, 5.74) is 2.62. The fraction of sp³-hybridized carbons (Fsp3) is 0.467. The minimum Gasteiger partial charge on any atom is -0.465 e. The van der Waals surface area contributed by atoms with E-state index in [1.54, 1.807) is 17.7 Å². The molecule has 6 nitrogen and oxygen atoms in total. The SMILES string of the molecule is COC(=O)c1cc(CN[C@@H](C)c2cn(C)nc2C)oc1C. The second-order valence-corrected chi connectivity index (χ2v) is 5.12. The van der Waals surface area contributed by atoms with Crippen molar-refractivity contribution in [3.8, 4) is 0 Å². The lowest BCUT2D eigenvalue weighted by Crippen LogP contribution is -2.18. The molecule has 21 heavy (non-hydrogen) atoms. The molecule has 1 atom stereocenters. The summed E-state index contributed by atoms with van der Waals surface area (Å²) in [6, 6.07) is 1.86. The van der Waals surface area contributed by atoms with Gasteiger partial charge < -0.3 is 14.5 Å². The van der Waals surface area contributed by atoms with E-state index in [-0.39, 0.29) is 12.0 Å². The topological polar surface area (TPSA) is 69.3 Å². The Kier molecular flexibility index (Phi) is 4.47. The first-order valence-corrected chi connectivity index (χ1v) is 6.83. The molecular formula is C15H21N3O3. The van der Waals surface area contributed by atoms with Gasteiger partial charge in [-0.2, -0.15) is 5.10 Å². The van der Waals surface area contributed by atoms with Crippen molar-refractivity contribution in [2.45, 2.75) is 33.4 Å². The van der Waals surface area contributed by atoms with E-state index < -0.39 is 0 Å². The van der Waals surface area contributed by atoms with Crippen molar-refractivity contribution in [3.05, 3.63) is 40.6 Å². The van der Waals surface area contributed by atoms with Gasteiger partial charge in [0.15, 0.2) is 0 Å². The van der Waals surface area contributed by atoms with E-state index in [4.69, 9.17) is 9.15 Å². The second kappa shape index (κ2) is 6.13. The maximum atomic E-state index is 11.5. The van der Waals surface area contributed by atoms with E-state index in [0.717, 1.165) is 11.3 Å². The third-order valence-electron chi connectivity index (χ3n) is 3.47. The van der Waals surface area contributed by atoms with Gasteiger partial charge >= 0.3 is 5.97 Å². The van der Waals surface area contributed by atoms with Crippen molar-refractivity contribution in [2.24, 2.45) is 7.05 Å².